The molecule has 0 spiro atoms. The Labute approximate surface area is 98.5 Å². The van der Waals surface area contributed by atoms with E-state index in [4.69, 9.17) is 0 Å². The highest BCUT2D eigenvalue weighted by atomic mass is 16.2. The Bertz CT molecular complexity index is 494. The van der Waals surface area contributed by atoms with E-state index >= 15 is 0 Å². The van der Waals surface area contributed by atoms with Crippen molar-refractivity contribution in [2.24, 2.45) is 0 Å². The van der Waals surface area contributed by atoms with Crippen molar-refractivity contribution in [2.75, 3.05) is 12.4 Å². The van der Waals surface area contributed by atoms with Gasteiger partial charge in [0.25, 0.3) is 5.91 Å². The predicted octanol–water partition coefficient (Wildman–Crippen LogP) is 0.776. The van der Waals surface area contributed by atoms with Gasteiger partial charge in [-0.2, -0.15) is 5.10 Å². The molecule has 2 rings (SSSR count). The zero-order valence-corrected chi connectivity index (χ0v) is 9.40. The van der Waals surface area contributed by atoms with E-state index in [9.17, 15) is 4.79 Å². The molecule has 88 valence electrons. The second-order valence-electron chi connectivity index (χ2n) is 3.48. The van der Waals surface area contributed by atoms with Crippen LogP contribution in [0.15, 0.2) is 30.6 Å². The van der Waals surface area contributed by atoms with Gasteiger partial charge in [0.1, 0.15) is 6.33 Å². The minimum atomic E-state index is -0.300. The third-order valence-corrected chi connectivity index (χ3v) is 2.26. The number of aromatic amines is 1. The number of hydrogen-bond acceptors (Lipinski definition) is 4. The number of amides is 1. The molecule has 0 aliphatic carbocycles. The first-order valence-electron chi connectivity index (χ1n) is 5.20. The lowest BCUT2D eigenvalue weighted by atomic mass is 10.1. The highest BCUT2D eigenvalue weighted by Crippen LogP contribution is 2.15. The summed E-state index contributed by atoms with van der Waals surface area (Å²) in [6, 6.07) is 7.60. The molecule has 0 saturated heterocycles. The molecule has 1 aromatic heterocycles. The molecule has 0 aliphatic heterocycles. The van der Waals surface area contributed by atoms with Crippen LogP contribution in [0.5, 0.6) is 0 Å². The summed E-state index contributed by atoms with van der Waals surface area (Å²) < 4.78 is 0. The number of benzene rings is 1. The molecule has 0 saturated carbocycles. The van der Waals surface area contributed by atoms with E-state index in [-0.39, 0.29) is 11.7 Å². The number of aromatic nitrogens is 3. The molecule has 6 heteroatoms. The SMILES string of the molecule is CNCc1ccccc1NC(=O)c1ncn[nH]1. The first-order valence-corrected chi connectivity index (χ1v) is 5.20. The van der Waals surface area contributed by atoms with Crippen molar-refractivity contribution in [3.8, 4) is 0 Å². The smallest absolute Gasteiger partial charge is 0.292 e. The third kappa shape index (κ3) is 2.67. The number of hydrogen-bond donors (Lipinski definition) is 3. The van der Waals surface area contributed by atoms with E-state index in [1.807, 2.05) is 31.3 Å². The van der Waals surface area contributed by atoms with Crippen LogP contribution in [0.3, 0.4) is 0 Å². The number of nitrogens with zero attached hydrogens (tertiary/aromatic N) is 2. The molecule has 3 N–H and O–H groups in total. The molecule has 0 unspecified atom stereocenters. The molecule has 1 heterocycles. The summed E-state index contributed by atoms with van der Waals surface area (Å²) in [7, 11) is 1.86. The van der Waals surface area contributed by atoms with E-state index in [1.165, 1.54) is 6.33 Å². The molecule has 1 amide bonds. The first-order chi connectivity index (χ1) is 8.31. The number of carbonyl (C=O) groups is 1. The van der Waals surface area contributed by atoms with Crippen LogP contribution >= 0.6 is 0 Å². The lowest BCUT2D eigenvalue weighted by molar-refractivity contribution is 0.101. The van der Waals surface area contributed by atoms with Crippen LogP contribution in [0.4, 0.5) is 5.69 Å². The fourth-order valence-electron chi connectivity index (χ4n) is 1.48. The number of rotatable bonds is 4. The van der Waals surface area contributed by atoms with Crippen LogP contribution in [0, 0.1) is 0 Å². The molecule has 0 fully saturated rings. The van der Waals surface area contributed by atoms with E-state index in [1.54, 1.807) is 0 Å². The Hall–Kier alpha value is -2.21. The van der Waals surface area contributed by atoms with Crippen LogP contribution < -0.4 is 10.6 Å². The number of carbonyl (C=O) groups excluding carboxylic acids is 1. The maximum atomic E-state index is 11.8. The topological polar surface area (TPSA) is 82.7 Å². The van der Waals surface area contributed by atoms with Gasteiger partial charge < -0.3 is 10.6 Å². The van der Waals surface area contributed by atoms with Crippen LogP contribution in [-0.4, -0.2) is 28.1 Å². The molecular weight excluding hydrogens is 218 g/mol. The Morgan fingerprint density at radius 2 is 2.24 bits per heavy atom. The van der Waals surface area contributed by atoms with Gasteiger partial charge in [-0.15, -0.1) is 0 Å². The number of anilines is 1. The maximum absolute atomic E-state index is 11.8. The van der Waals surface area contributed by atoms with Gasteiger partial charge in [-0.05, 0) is 18.7 Å². The molecule has 2 aromatic rings. The van der Waals surface area contributed by atoms with Crippen LogP contribution in [0.2, 0.25) is 0 Å². The van der Waals surface area contributed by atoms with Gasteiger partial charge in [0.2, 0.25) is 5.82 Å². The predicted molar refractivity (Wildman–Crippen MR) is 63.5 cm³/mol. The summed E-state index contributed by atoms with van der Waals surface area (Å²) >= 11 is 0. The second kappa shape index (κ2) is 5.22. The molecule has 17 heavy (non-hydrogen) atoms. The van der Waals surface area contributed by atoms with Gasteiger partial charge in [0, 0.05) is 12.2 Å². The van der Waals surface area contributed by atoms with E-state index < -0.39 is 0 Å². The summed E-state index contributed by atoms with van der Waals surface area (Å²) in [5, 5.41) is 12.0. The molecule has 6 nitrogen and oxygen atoms in total. The Balaban J connectivity index is 2.15. The van der Waals surface area contributed by atoms with Crippen molar-refractivity contribution in [2.45, 2.75) is 6.54 Å². The van der Waals surface area contributed by atoms with Gasteiger partial charge in [-0.25, -0.2) is 4.98 Å². The van der Waals surface area contributed by atoms with Gasteiger partial charge in [-0.1, -0.05) is 18.2 Å². The van der Waals surface area contributed by atoms with E-state index in [2.05, 4.69) is 25.8 Å². The summed E-state index contributed by atoms with van der Waals surface area (Å²) in [6.07, 6.45) is 1.30. The zero-order valence-electron chi connectivity index (χ0n) is 9.40. The number of H-pyrrole nitrogens is 1. The van der Waals surface area contributed by atoms with Gasteiger partial charge in [0.05, 0.1) is 0 Å². The van der Waals surface area contributed by atoms with Gasteiger partial charge >= 0.3 is 0 Å². The summed E-state index contributed by atoms with van der Waals surface area (Å²) in [6.45, 7) is 0.687. The molecule has 1 aromatic carbocycles. The quantitative estimate of drug-likeness (QED) is 0.726. The minimum Gasteiger partial charge on any atom is -0.319 e. The monoisotopic (exact) mass is 231 g/mol. The van der Waals surface area contributed by atoms with Crippen molar-refractivity contribution in [1.29, 1.82) is 0 Å². The number of nitrogens with one attached hydrogen (secondary N) is 3. The van der Waals surface area contributed by atoms with Crippen LogP contribution in [0.1, 0.15) is 16.2 Å². The summed E-state index contributed by atoms with van der Waals surface area (Å²) in [5.74, 6) is -0.102. The Morgan fingerprint density at radius 3 is 2.94 bits per heavy atom. The molecule has 0 atom stereocenters. The van der Waals surface area contributed by atoms with Crippen LogP contribution in [-0.2, 0) is 6.54 Å². The largest absolute Gasteiger partial charge is 0.319 e. The van der Waals surface area contributed by atoms with Gasteiger partial charge in [-0.3, -0.25) is 9.89 Å². The summed E-state index contributed by atoms with van der Waals surface area (Å²) in [4.78, 5) is 15.6. The van der Waals surface area contributed by atoms with Crippen molar-refractivity contribution in [3.05, 3.63) is 42.0 Å². The molecular formula is C11H13N5O. The normalized spacial score (nSPS) is 10.2. The van der Waals surface area contributed by atoms with Crippen LogP contribution in [0.25, 0.3) is 0 Å². The van der Waals surface area contributed by atoms with E-state index in [0.717, 1.165) is 11.3 Å². The maximum Gasteiger partial charge on any atom is 0.292 e. The average molecular weight is 231 g/mol. The second-order valence-corrected chi connectivity index (χ2v) is 3.48. The first kappa shape index (κ1) is 11.3. The highest BCUT2D eigenvalue weighted by molar-refractivity contribution is 6.01. The van der Waals surface area contributed by atoms with Crippen molar-refractivity contribution in [3.63, 3.8) is 0 Å². The lowest BCUT2D eigenvalue weighted by Crippen LogP contribution is -2.16. The minimum absolute atomic E-state index is 0.198. The highest BCUT2D eigenvalue weighted by Gasteiger charge is 2.10. The van der Waals surface area contributed by atoms with Gasteiger partial charge in [0.15, 0.2) is 0 Å². The van der Waals surface area contributed by atoms with Crippen molar-refractivity contribution < 1.29 is 4.79 Å². The molecule has 0 aliphatic rings. The molecule has 0 bridgehead atoms. The molecule has 0 radical (unpaired) electrons. The van der Waals surface area contributed by atoms with E-state index in [0.29, 0.717) is 6.54 Å². The fraction of sp³-hybridized carbons (Fsp3) is 0.182. The average Bonchev–Trinajstić information content (AvgIpc) is 2.85. The Morgan fingerprint density at radius 1 is 1.41 bits per heavy atom. The fourth-order valence-corrected chi connectivity index (χ4v) is 1.48. The third-order valence-electron chi connectivity index (χ3n) is 2.26. The number of para-hydroxylation sites is 1. The van der Waals surface area contributed by atoms with Crippen molar-refractivity contribution >= 4 is 11.6 Å². The Kier molecular flexibility index (Phi) is 3.46. The summed E-state index contributed by atoms with van der Waals surface area (Å²) in [5.41, 5.74) is 1.78. The lowest BCUT2D eigenvalue weighted by Gasteiger charge is -2.09. The standard InChI is InChI=1S/C11H13N5O/c1-12-6-8-4-2-3-5-9(8)15-11(17)10-13-7-14-16-10/h2-5,7,12H,6H2,1H3,(H,15,17)(H,13,14,16). The van der Waals surface area contributed by atoms with Crippen molar-refractivity contribution in [1.82, 2.24) is 20.5 Å². The zero-order chi connectivity index (χ0) is 12.1.